The maximum atomic E-state index is 12.8. The van der Waals surface area contributed by atoms with Gasteiger partial charge in [-0.05, 0) is 46.4 Å². The molecule has 0 heterocycles. The lowest BCUT2D eigenvalue weighted by Crippen LogP contribution is -2.48. The lowest BCUT2D eigenvalue weighted by atomic mass is 9.80. The van der Waals surface area contributed by atoms with Crippen molar-refractivity contribution in [2.24, 2.45) is 0 Å². The first-order valence-corrected chi connectivity index (χ1v) is 11.9. The zero-order chi connectivity index (χ0) is 29.7. The number of hydrogen-bond acceptors (Lipinski definition) is 2. The summed E-state index contributed by atoms with van der Waals surface area (Å²) >= 11 is 0. The van der Waals surface area contributed by atoms with Crippen molar-refractivity contribution in [3.63, 3.8) is 0 Å². The van der Waals surface area contributed by atoms with Gasteiger partial charge in [-0.1, -0.05) is 83.1 Å². The van der Waals surface area contributed by atoms with Gasteiger partial charge in [-0.25, -0.2) is 13.2 Å². The minimum absolute atomic E-state index is 0.0574. The lowest BCUT2D eigenvalue weighted by Gasteiger charge is -2.32. The van der Waals surface area contributed by atoms with E-state index in [4.69, 9.17) is 0 Å². The van der Waals surface area contributed by atoms with Crippen LogP contribution in [0.5, 0.6) is 0 Å². The van der Waals surface area contributed by atoms with E-state index in [1.165, 1.54) is 18.2 Å². The summed E-state index contributed by atoms with van der Waals surface area (Å²) in [7, 11) is 0. The van der Waals surface area contributed by atoms with Crippen LogP contribution < -0.4 is 0 Å². The fourth-order valence-electron chi connectivity index (χ4n) is 3.45. The second-order valence-corrected chi connectivity index (χ2v) is 9.81. The Labute approximate surface area is 216 Å². The van der Waals surface area contributed by atoms with Crippen LogP contribution in [0.4, 0.5) is 39.5 Å². The monoisotopic (exact) mass is 560 g/mol. The summed E-state index contributed by atoms with van der Waals surface area (Å²) in [6, 6.07) is 10.1. The summed E-state index contributed by atoms with van der Waals surface area (Å²) in [6.07, 6.45) is -13.1. The number of aliphatic hydroxyl groups is 2. The molecular formula is C27H33F9O2. The third kappa shape index (κ3) is 7.02. The quantitative estimate of drug-likeness (QED) is 0.319. The molecule has 2 aromatic rings. The molecule has 0 aliphatic rings. The minimum atomic E-state index is -5.45. The van der Waals surface area contributed by atoms with Crippen molar-refractivity contribution in [3.8, 4) is 0 Å². The highest BCUT2D eigenvalue weighted by Gasteiger charge is 2.61. The van der Waals surface area contributed by atoms with Crippen LogP contribution in [-0.2, 0) is 16.6 Å². The first-order valence-electron chi connectivity index (χ1n) is 11.9. The predicted octanol–water partition coefficient (Wildman–Crippen LogP) is 8.31. The smallest absolute Gasteiger partial charge is 0.374 e. The Hall–Kier alpha value is -2.27. The van der Waals surface area contributed by atoms with Gasteiger partial charge < -0.3 is 10.2 Å². The molecule has 3 atom stereocenters. The van der Waals surface area contributed by atoms with E-state index >= 15 is 0 Å². The molecule has 0 fully saturated rings. The second-order valence-electron chi connectivity index (χ2n) is 9.81. The lowest BCUT2D eigenvalue weighted by molar-refractivity contribution is -0.305. The van der Waals surface area contributed by atoms with Gasteiger partial charge >= 0.3 is 12.4 Å². The number of alkyl halides is 9. The summed E-state index contributed by atoms with van der Waals surface area (Å²) in [6.45, 7) is 7.31. The highest BCUT2D eigenvalue weighted by Crippen LogP contribution is 2.44. The molecule has 11 heteroatoms. The van der Waals surface area contributed by atoms with Crippen molar-refractivity contribution in [1.82, 2.24) is 0 Å². The maximum absolute atomic E-state index is 12.8. The van der Waals surface area contributed by atoms with E-state index in [0.29, 0.717) is 17.5 Å². The van der Waals surface area contributed by atoms with Gasteiger partial charge in [-0.3, -0.25) is 0 Å². The summed E-state index contributed by atoms with van der Waals surface area (Å²) in [5.41, 5.74) is -8.19. The fourth-order valence-corrected chi connectivity index (χ4v) is 3.45. The number of hydrogen-bond donors (Lipinski definition) is 2. The van der Waals surface area contributed by atoms with Crippen molar-refractivity contribution in [2.45, 2.75) is 88.8 Å². The average Bonchev–Trinajstić information content (AvgIpc) is 2.86. The van der Waals surface area contributed by atoms with Gasteiger partial charge in [0.2, 0.25) is 11.2 Å². The molecule has 3 unspecified atom stereocenters. The Kier molecular flexibility index (Phi) is 10.9. The topological polar surface area (TPSA) is 40.5 Å². The predicted molar refractivity (Wildman–Crippen MR) is 127 cm³/mol. The molecule has 0 aromatic heterocycles. The molecule has 2 nitrogen and oxygen atoms in total. The van der Waals surface area contributed by atoms with Gasteiger partial charge in [-0.2, -0.15) is 26.3 Å². The molecule has 2 aromatic carbocycles. The first-order chi connectivity index (χ1) is 17.2. The Balaban J connectivity index is 0.000000382. The van der Waals surface area contributed by atoms with Crippen LogP contribution in [0.2, 0.25) is 0 Å². The Morgan fingerprint density at radius 1 is 0.763 bits per heavy atom. The number of rotatable bonds is 8. The van der Waals surface area contributed by atoms with E-state index in [0.717, 1.165) is 24.6 Å². The third-order valence-electron chi connectivity index (χ3n) is 6.92. The number of halogens is 9. The second kappa shape index (κ2) is 12.3. The van der Waals surface area contributed by atoms with E-state index in [9.17, 15) is 49.7 Å². The van der Waals surface area contributed by atoms with Crippen LogP contribution in [-0.4, -0.2) is 35.7 Å². The van der Waals surface area contributed by atoms with Crippen LogP contribution in [0.3, 0.4) is 0 Å². The van der Waals surface area contributed by atoms with Crippen molar-refractivity contribution >= 4 is 0 Å². The van der Waals surface area contributed by atoms with E-state index in [-0.39, 0.29) is 5.92 Å². The Bertz CT molecular complexity index is 1030. The van der Waals surface area contributed by atoms with Crippen molar-refractivity contribution in [3.05, 3.63) is 70.8 Å². The zero-order valence-electron chi connectivity index (χ0n) is 21.7. The highest BCUT2D eigenvalue weighted by atomic mass is 19.4. The fraction of sp³-hybridized carbons (Fsp3) is 0.556. The van der Waals surface area contributed by atoms with Gasteiger partial charge in [0, 0.05) is 0 Å². The summed E-state index contributed by atoms with van der Waals surface area (Å²) in [5.74, 6) is 0.0574. The molecular weight excluding hydrogens is 527 g/mol. The summed E-state index contributed by atoms with van der Waals surface area (Å²) in [5, 5.41) is 19.0. The largest absolute Gasteiger partial charge is 0.427 e. The molecule has 0 saturated heterocycles. The molecule has 38 heavy (non-hydrogen) atoms. The average molecular weight is 561 g/mol. The molecule has 0 aliphatic heterocycles. The van der Waals surface area contributed by atoms with Crippen LogP contribution in [0.15, 0.2) is 48.5 Å². The van der Waals surface area contributed by atoms with E-state index < -0.39 is 53.2 Å². The molecule has 0 bridgehead atoms. The SMILES string of the molecule is CCC(C)(C)c1cccc(C(O)(C(F)F)C(F)(F)F)c1.CCC(C)c1cccc(C(O)(CF)C(F)(F)F)c1. The summed E-state index contributed by atoms with van der Waals surface area (Å²) in [4.78, 5) is 0. The minimum Gasteiger partial charge on any atom is -0.374 e. The van der Waals surface area contributed by atoms with Gasteiger partial charge in [0.15, 0.2) is 0 Å². The highest BCUT2D eigenvalue weighted by molar-refractivity contribution is 5.34. The van der Waals surface area contributed by atoms with Gasteiger partial charge in [0.05, 0.1) is 0 Å². The van der Waals surface area contributed by atoms with Crippen LogP contribution in [0.1, 0.15) is 75.6 Å². The third-order valence-corrected chi connectivity index (χ3v) is 6.92. The van der Waals surface area contributed by atoms with Crippen molar-refractivity contribution in [2.75, 3.05) is 6.67 Å². The van der Waals surface area contributed by atoms with E-state index in [1.54, 1.807) is 26.0 Å². The zero-order valence-corrected chi connectivity index (χ0v) is 21.7. The van der Waals surface area contributed by atoms with Crippen molar-refractivity contribution < 1.29 is 49.7 Å². The molecule has 216 valence electrons. The molecule has 0 spiro atoms. The molecule has 2 rings (SSSR count). The van der Waals surface area contributed by atoms with Crippen LogP contribution in [0, 0.1) is 0 Å². The van der Waals surface area contributed by atoms with E-state index in [2.05, 4.69) is 0 Å². The number of benzene rings is 2. The molecule has 0 amide bonds. The van der Waals surface area contributed by atoms with E-state index in [1.807, 2.05) is 20.8 Å². The van der Waals surface area contributed by atoms with Gasteiger partial charge in [0.1, 0.15) is 6.67 Å². The van der Waals surface area contributed by atoms with Crippen molar-refractivity contribution in [1.29, 1.82) is 0 Å². The van der Waals surface area contributed by atoms with Gasteiger partial charge in [-0.15, -0.1) is 0 Å². The maximum Gasteiger partial charge on any atom is 0.427 e. The Morgan fingerprint density at radius 2 is 1.26 bits per heavy atom. The molecule has 2 N–H and O–H groups in total. The molecule has 0 saturated carbocycles. The normalized spacial score (nSPS) is 16.8. The first kappa shape index (κ1) is 33.8. The molecule has 0 radical (unpaired) electrons. The molecule has 0 aliphatic carbocycles. The summed E-state index contributed by atoms with van der Waals surface area (Å²) < 4.78 is 115. The van der Waals surface area contributed by atoms with Gasteiger partial charge in [0.25, 0.3) is 6.43 Å². The Morgan fingerprint density at radius 3 is 1.68 bits per heavy atom. The van der Waals surface area contributed by atoms with Crippen LogP contribution >= 0.6 is 0 Å². The van der Waals surface area contributed by atoms with Crippen LogP contribution in [0.25, 0.3) is 0 Å². The standard InChI is InChI=1S/C14H17F5O.C13H16F4O/c1-4-12(2,3)9-6-5-7-10(8-9)13(20,11(15)16)14(17,18)19;1-3-9(2)10-5-4-6-11(7-10)12(18,8-14)13(15,16)17/h5-8,11,20H,4H2,1-3H3;4-7,9,18H,3,8H2,1-2H3.